The van der Waals surface area contributed by atoms with Crippen molar-refractivity contribution in [2.45, 2.75) is 43.7 Å². The fourth-order valence-corrected chi connectivity index (χ4v) is 5.01. The molecule has 150 valence electrons. The lowest BCUT2D eigenvalue weighted by Gasteiger charge is -2.27. The number of pyridine rings is 1. The van der Waals surface area contributed by atoms with Crippen LogP contribution in [0.5, 0.6) is 0 Å². The monoisotopic (exact) mass is 402 g/mol. The summed E-state index contributed by atoms with van der Waals surface area (Å²) in [6, 6.07) is 11.7. The van der Waals surface area contributed by atoms with E-state index in [1.54, 1.807) is 34.8 Å². The van der Waals surface area contributed by atoms with Crippen LogP contribution in [-0.4, -0.2) is 36.8 Å². The highest BCUT2D eigenvalue weighted by Crippen LogP contribution is 2.23. The molecule has 1 atom stereocenters. The van der Waals surface area contributed by atoms with E-state index in [9.17, 15) is 13.2 Å². The first kappa shape index (κ1) is 20.3. The van der Waals surface area contributed by atoms with E-state index in [0.29, 0.717) is 18.7 Å². The minimum absolute atomic E-state index is 0.129. The third-order valence-corrected chi connectivity index (χ3v) is 6.82. The Morgan fingerprint density at radius 2 is 1.82 bits per heavy atom. The number of urea groups is 1. The molecular weight excluding hydrogens is 376 g/mol. The SMILES string of the molecule is C[C@@H](NC(=O)NCc1ccccc1S(=O)(=O)N1CCCCC1)c1ccccn1. The first-order valence-corrected chi connectivity index (χ1v) is 11.0. The van der Waals surface area contributed by atoms with Crippen LogP contribution in [0.4, 0.5) is 4.79 Å². The number of sulfonamides is 1. The van der Waals surface area contributed by atoms with Gasteiger partial charge in [0.15, 0.2) is 0 Å². The van der Waals surface area contributed by atoms with Crippen molar-refractivity contribution in [2.75, 3.05) is 13.1 Å². The van der Waals surface area contributed by atoms with Gasteiger partial charge in [-0.2, -0.15) is 4.31 Å². The molecule has 1 aromatic heterocycles. The van der Waals surface area contributed by atoms with Crippen LogP contribution in [0.2, 0.25) is 0 Å². The Bertz CT molecular complexity index is 897. The molecule has 0 saturated carbocycles. The summed E-state index contributed by atoms with van der Waals surface area (Å²) in [5.41, 5.74) is 1.33. The molecule has 1 aliphatic heterocycles. The fraction of sp³-hybridized carbons (Fsp3) is 0.400. The number of aromatic nitrogens is 1. The van der Waals surface area contributed by atoms with Crippen LogP contribution in [0.25, 0.3) is 0 Å². The third kappa shape index (κ3) is 4.88. The Morgan fingerprint density at radius 1 is 1.11 bits per heavy atom. The number of benzene rings is 1. The number of amides is 2. The molecule has 2 N–H and O–H groups in total. The van der Waals surface area contributed by atoms with Crippen molar-refractivity contribution in [3.63, 3.8) is 0 Å². The molecule has 2 aromatic rings. The van der Waals surface area contributed by atoms with Crippen molar-refractivity contribution in [2.24, 2.45) is 0 Å². The van der Waals surface area contributed by atoms with Gasteiger partial charge in [-0.25, -0.2) is 13.2 Å². The predicted molar refractivity (Wildman–Crippen MR) is 107 cm³/mol. The summed E-state index contributed by atoms with van der Waals surface area (Å²) in [6.07, 6.45) is 4.50. The molecule has 0 aliphatic carbocycles. The van der Waals surface area contributed by atoms with Crippen LogP contribution in [0.15, 0.2) is 53.6 Å². The van der Waals surface area contributed by atoms with E-state index in [2.05, 4.69) is 15.6 Å². The molecule has 0 radical (unpaired) electrons. The zero-order valence-corrected chi connectivity index (χ0v) is 16.8. The Labute approximate surface area is 166 Å². The van der Waals surface area contributed by atoms with Crippen molar-refractivity contribution in [3.8, 4) is 0 Å². The minimum Gasteiger partial charge on any atom is -0.334 e. The summed E-state index contributed by atoms with van der Waals surface area (Å²) >= 11 is 0. The molecule has 3 rings (SSSR count). The van der Waals surface area contributed by atoms with Crippen molar-refractivity contribution in [1.82, 2.24) is 19.9 Å². The summed E-state index contributed by atoms with van der Waals surface area (Å²) in [7, 11) is -3.55. The lowest BCUT2D eigenvalue weighted by atomic mass is 10.2. The van der Waals surface area contributed by atoms with Crippen LogP contribution >= 0.6 is 0 Å². The Balaban J connectivity index is 1.66. The van der Waals surface area contributed by atoms with Gasteiger partial charge in [-0.3, -0.25) is 4.98 Å². The fourth-order valence-electron chi connectivity index (χ4n) is 3.28. The van der Waals surface area contributed by atoms with Crippen LogP contribution in [0, 0.1) is 0 Å². The number of carbonyl (C=O) groups excluding carboxylic acids is 1. The van der Waals surface area contributed by atoms with Gasteiger partial charge in [0.2, 0.25) is 10.0 Å². The molecule has 1 aliphatic rings. The van der Waals surface area contributed by atoms with Gasteiger partial charge in [-0.15, -0.1) is 0 Å². The largest absolute Gasteiger partial charge is 0.334 e. The lowest BCUT2D eigenvalue weighted by Crippen LogP contribution is -2.38. The van der Waals surface area contributed by atoms with Crippen LogP contribution in [0.3, 0.4) is 0 Å². The second kappa shape index (κ2) is 9.16. The van der Waals surface area contributed by atoms with Crippen molar-refractivity contribution in [1.29, 1.82) is 0 Å². The summed E-state index contributed by atoms with van der Waals surface area (Å²) < 4.78 is 27.5. The average molecular weight is 403 g/mol. The van der Waals surface area contributed by atoms with Crippen molar-refractivity contribution in [3.05, 3.63) is 59.9 Å². The number of hydrogen-bond acceptors (Lipinski definition) is 4. The quantitative estimate of drug-likeness (QED) is 0.777. The van der Waals surface area contributed by atoms with Gasteiger partial charge in [0.05, 0.1) is 16.6 Å². The molecule has 28 heavy (non-hydrogen) atoms. The van der Waals surface area contributed by atoms with Gasteiger partial charge in [-0.05, 0) is 43.5 Å². The molecule has 0 unspecified atom stereocenters. The molecule has 0 spiro atoms. The van der Waals surface area contributed by atoms with Gasteiger partial charge in [-0.1, -0.05) is 30.7 Å². The van der Waals surface area contributed by atoms with E-state index >= 15 is 0 Å². The van der Waals surface area contributed by atoms with E-state index in [0.717, 1.165) is 25.0 Å². The zero-order chi connectivity index (χ0) is 20.0. The molecule has 8 heteroatoms. The summed E-state index contributed by atoms with van der Waals surface area (Å²) in [5, 5.41) is 5.57. The minimum atomic E-state index is -3.55. The molecule has 7 nitrogen and oxygen atoms in total. The van der Waals surface area contributed by atoms with E-state index in [1.165, 1.54) is 0 Å². The van der Waals surface area contributed by atoms with E-state index in [1.807, 2.05) is 25.1 Å². The second-order valence-electron chi connectivity index (χ2n) is 6.88. The maximum Gasteiger partial charge on any atom is 0.315 e. The maximum atomic E-state index is 13.0. The van der Waals surface area contributed by atoms with E-state index in [-0.39, 0.29) is 23.5 Å². The van der Waals surface area contributed by atoms with Crippen molar-refractivity contribution >= 4 is 16.1 Å². The van der Waals surface area contributed by atoms with Gasteiger partial charge < -0.3 is 10.6 Å². The number of nitrogens with one attached hydrogen (secondary N) is 2. The first-order chi connectivity index (χ1) is 13.5. The highest BCUT2D eigenvalue weighted by Gasteiger charge is 2.27. The van der Waals surface area contributed by atoms with Crippen LogP contribution < -0.4 is 10.6 Å². The molecule has 1 aromatic carbocycles. The Hall–Kier alpha value is -2.45. The topological polar surface area (TPSA) is 91.4 Å². The van der Waals surface area contributed by atoms with Gasteiger partial charge >= 0.3 is 6.03 Å². The third-order valence-electron chi connectivity index (χ3n) is 4.82. The number of carbonyl (C=O) groups is 1. The summed E-state index contributed by atoms with van der Waals surface area (Å²) in [6.45, 7) is 3.07. The summed E-state index contributed by atoms with van der Waals surface area (Å²) in [5.74, 6) is 0. The molecule has 2 amide bonds. The molecule has 1 fully saturated rings. The maximum absolute atomic E-state index is 13.0. The Morgan fingerprint density at radius 3 is 2.54 bits per heavy atom. The normalized spacial score (nSPS) is 16.3. The number of rotatable bonds is 6. The molecule has 2 heterocycles. The molecule has 1 saturated heterocycles. The van der Waals surface area contributed by atoms with E-state index in [4.69, 9.17) is 0 Å². The second-order valence-corrected chi connectivity index (χ2v) is 8.78. The molecular formula is C20H26N4O3S. The van der Waals surface area contributed by atoms with Crippen LogP contribution in [0.1, 0.15) is 43.5 Å². The first-order valence-electron chi connectivity index (χ1n) is 9.52. The number of hydrogen-bond donors (Lipinski definition) is 2. The predicted octanol–water partition coefficient (Wildman–Crippen LogP) is 2.82. The Kier molecular flexibility index (Phi) is 6.64. The average Bonchev–Trinajstić information content (AvgIpc) is 2.73. The molecule has 0 bridgehead atoms. The van der Waals surface area contributed by atoms with Crippen molar-refractivity contribution < 1.29 is 13.2 Å². The van der Waals surface area contributed by atoms with Gasteiger partial charge in [0.25, 0.3) is 0 Å². The zero-order valence-electron chi connectivity index (χ0n) is 16.0. The van der Waals surface area contributed by atoms with Gasteiger partial charge in [0, 0.05) is 25.8 Å². The van der Waals surface area contributed by atoms with Crippen LogP contribution in [-0.2, 0) is 16.6 Å². The lowest BCUT2D eigenvalue weighted by molar-refractivity contribution is 0.237. The van der Waals surface area contributed by atoms with E-state index < -0.39 is 10.0 Å². The van der Waals surface area contributed by atoms with Gasteiger partial charge in [0.1, 0.15) is 0 Å². The summed E-state index contributed by atoms with van der Waals surface area (Å²) in [4.78, 5) is 16.7. The highest BCUT2D eigenvalue weighted by molar-refractivity contribution is 7.89. The number of piperidine rings is 1. The highest BCUT2D eigenvalue weighted by atomic mass is 32.2. The smallest absolute Gasteiger partial charge is 0.315 e. The number of nitrogens with zero attached hydrogens (tertiary/aromatic N) is 2. The standard InChI is InChI=1S/C20H26N4O3S/c1-16(18-10-5-6-12-21-18)23-20(25)22-15-17-9-3-4-11-19(17)28(26,27)24-13-7-2-8-14-24/h3-6,9-12,16H,2,7-8,13-15H2,1H3,(H2,22,23,25)/t16-/m1/s1.